The maximum absolute atomic E-state index is 12.8. The van der Waals surface area contributed by atoms with E-state index >= 15 is 0 Å². The molecule has 0 atom stereocenters. The topological polar surface area (TPSA) is 48.1 Å². The van der Waals surface area contributed by atoms with Gasteiger partial charge in [-0.3, -0.25) is 9.47 Å². The van der Waals surface area contributed by atoms with Gasteiger partial charge in [-0.2, -0.15) is 14.0 Å². The third kappa shape index (κ3) is 5.26. The van der Waals surface area contributed by atoms with Gasteiger partial charge < -0.3 is 4.90 Å². The third-order valence-corrected chi connectivity index (χ3v) is 4.37. The van der Waals surface area contributed by atoms with Gasteiger partial charge in [0, 0.05) is 38.6 Å². The molecule has 1 aliphatic heterocycles. The number of hydrogen-bond donors (Lipinski definition) is 0. The highest BCUT2D eigenvalue weighted by atomic mass is 19.3. The molecule has 1 aliphatic rings. The van der Waals surface area contributed by atoms with E-state index in [1.807, 2.05) is 13.8 Å². The van der Waals surface area contributed by atoms with Crippen LogP contribution >= 0.6 is 0 Å². The van der Waals surface area contributed by atoms with Gasteiger partial charge in [0.05, 0.1) is 18.0 Å². The molecule has 0 unspecified atom stereocenters. The van der Waals surface area contributed by atoms with Gasteiger partial charge in [-0.25, -0.2) is 4.98 Å². The van der Waals surface area contributed by atoms with Gasteiger partial charge in [0.1, 0.15) is 5.82 Å². The van der Waals surface area contributed by atoms with Crippen molar-refractivity contribution in [2.24, 2.45) is 5.41 Å². The zero-order valence-electron chi connectivity index (χ0n) is 13.9. The first-order valence-corrected chi connectivity index (χ1v) is 8.07. The Morgan fingerprint density at radius 3 is 2.52 bits per heavy atom. The molecule has 0 N–H and O–H groups in total. The van der Waals surface area contributed by atoms with Crippen LogP contribution in [0.25, 0.3) is 0 Å². The largest absolute Gasteiger partial charge is 0.319 e. The molecule has 1 saturated heterocycles. The summed E-state index contributed by atoms with van der Waals surface area (Å²) in [5.74, 6) is 0.421. The molecule has 7 heteroatoms. The van der Waals surface area contributed by atoms with E-state index in [0.29, 0.717) is 12.4 Å². The Hall–Kier alpha value is -1.52. The lowest BCUT2D eigenvalue weighted by Gasteiger charge is -2.34. The number of nitrogens with zero attached hydrogens (tertiary/aromatic N) is 5. The fourth-order valence-electron chi connectivity index (χ4n) is 2.82. The van der Waals surface area contributed by atoms with Crippen LogP contribution in [-0.4, -0.2) is 52.1 Å². The van der Waals surface area contributed by atoms with Crippen molar-refractivity contribution in [3.05, 3.63) is 18.2 Å². The van der Waals surface area contributed by atoms with Crippen molar-refractivity contribution in [3.63, 3.8) is 0 Å². The average molecular weight is 325 g/mol. The van der Waals surface area contributed by atoms with Crippen LogP contribution in [0.4, 0.5) is 8.78 Å². The van der Waals surface area contributed by atoms with Crippen LogP contribution in [0.3, 0.4) is 0 Å². The predicted molar refractivity (Wildman–Crippen MR) is 83.8 cm³/mol. The van der Waals surface area contributed by atoms with Crippen molar-refractivity contribution in [2.75, 3.05) is 32.7 Å². The summed E-state index contributed by atoms with van der Waals surface area (Å²) in [4.78, 5) is 8.58. The van der Waals surface area contributed by atoms with Crippen molar-refractivity contribution < 1.29 is 8.78 Å². The molecule has 0 radical (unpaired) electrons. The van der Waals surface area contributed by atoms with Crippen LogP contribution < -0.4 is 0 Å². The van der Waals surface area contributed by atoms with Gasteiger partial charge >= 0.3 is 6.55 Å². The summed E-state index contributed by atoms with van der Waals surface area (Å²) in [5, 5.41) is 9.02. The Morgan fingerprint density at radius 2 is 1.91 bits per heavy atom. The normalized spacial score (nSPS) is 17.6. The minimum Gasteiger partial charge on any atom is -0.301 e. The molecular formula is C16H25F2N5. The van der Waals surface area contributed by atoms with Crippen molar-refractivity contribution >= 4 is 0 Å². The molecule has 2 heterocycles. The molecule has 1 aromatic rings. The SMILES string of the molecule is CC(C)(C#N)CCCN1CCN(Cc2nccn2C(F)F)CC1. The maximum atomic E-state index is 12.8. The summed E-state index contributed by atoms with van der Waals surface area (Å²) in [5.41, 5.74) is -0.256. The first-order chi connectivity index (χ1) is 10.9. The summed E-state index contributed by atoms with van der Waals surface area (Å²) in [6.07, 6.45) is 4.66. The number of imidazole rings is 1. The highest BCUT2D eigenvalue weighted by molar-refractivity contribution is 4.94. The Balaban J connectivity index is 1.72. The van der Waals surface area contributed by atoms with Crippen LogP contribution in [0.5, 0.6) is 0 Å². The Morgan fingerprint density at radius 1 is 1.26 bits per heavy atom. The number of piperazine rings is 1. The fraction of sp³-hybridized carbons (Fsp3) is 0.750. The molecule has 0 aromatic carbocycles. The minimum atomic E-state index is -2.53. The molecule has 0 aliphatic carbocycles. The van der Waals surface area contributed by atoms with E-state index in [-0.39, 0.29) is 5.41 Å². The lowest BCUT2D eigenvalue weighted by Crippen LogP contribution is -2.46. The number of aromatic nitrogens is 2. The van der Waals surface area contributed by atoms with Crippen LogP contribution in [0.1, 0.15) is 39.1 Å². The molecule has 128 valence electrons. The van der Waals surface area contributed by atoms with Crippen molar-refractivity contribution in [3.8, 4) is 6.07 Å². The second-order valence-corrected chi connectivity index (χ2v) is 6.75. The summed E-state index contributed by atoms with van der Waals surface area (Å²) in [6, 6.07) is 2.33. The highest BCUT2D eigenvalue weighted by Gasteiger charge is 2.21. The van der Waals surface area contributed by atoms with E-state index in [0.717, 1.165) is 50.1 Å². The van der Waals surface area contributed by atoms with Crippen LogP contribution in [0.2, 0.25) is 0 Å². The van der Waals surface area contributed by atoms with Crippen molar-refractivity contribution in [2.45, 2.75) is 39.8 Å². The number of hydrogen-bond acceptors (Lipinski definition) is 4. The van der Waals surface area contributed by atoms with E-state index in [1.165, 1.54) is 12.4 Å². The molecule has 2 rings (SSSR count). The molecule has 0 bridgehead atoms. The quantitative estimate of drug-likeness (QED) is 0.773. The molecule has 1 fully saturated rings. The molecule has 0 amide bonds. The molecule has 1 aromatic heterocycles. The number of alkyl halides is 2. The standard InChI is InChI=1S/C16H25F2N5/c1-16(2,13-19)4-3-6-21-8-10-22(11-9-21)12-14-20-5-7-23(14)15(17)18/h5,7,15H,3-4,6,8-12H2,1-2H3. The van der Waals surface area contributed by atoms with Gasteiger partial charge in [0.25, 0.3) is 0 Å². The molecule has 0 spiro atoms. The smallest absolute Gasteiger partial charge is 0.301 e. The number of halogens is 2. The fourth-order valence-corrected chi connectivity index (χ4v) is 2.82. The Bertz CT molecular complexity index is 527. The Kier molecular flexibility index (Phi) is 6.08. The monoisotopic (exact) mass is 325 g/mol. The second-order valence-electron chi connectivity index (χ2n) is 6.75. The molecular weight excluding hydrogens is 300 g/mol. The van der Waals surface area contributed by atoms with E-state index in [2.05, 4.69) is 20.9 Å². The molecule has 5 nitrogen and oxygen atoms in total. The third-order valence-electron chi connectivity index (χ3n) is 4.37. The molecule has 0 saturated carbocycles. The maximum Gasteiger partial charge on any atom is 0.319 e. The van der Waals surface area contributed by atoms with Gasteiger partial charge in [-0.15, -0.1) is 0 Å². The first kappa shape index (κ1) is 17.8. The van der Waals surface area contributed by atoms with E-state index < -0.39 is 6.55 Å². The first-order valence-electron chi connectivity index (χ1n) is 8.07. The number of nitriles is 1. The summed E-state index contributed by atoms with van der Waals surface area (Å²) in [6.45, 7) is 6.45. The average Bonchev–Trinajstić information content (AvgIpc) is 2.97. The number of rotatable bonds is 7. The molecule has 23 heavy (non-hydrogen) atoms. The van der Waals surface area contributed by atoms with E-state index in [1.54, 1.807) is 0 Å². The lowest BCUT2D eigenvalue weighted by atomic mass is 9.90. The van der Waals surface area contributed by atoms with Crippen molar-refractivity contribution in [1.29, 1.82) is 5.26 Å². The van der Waals surface area contributed by atoms with Gasteiger partial charge in [0.2, 0.25) is 0 Å². The van der Waals surface area contributed by atoms with Crippen LogP contribution in [-0.2, 0) is 6.54 Å². The van der Waals surface area contributed by atoms with Crippen molar-refractivity contribution in [1.82, 2.24) is 19.4 Å². The zero-order valence-corrected chi connectivity index (χ0v) is 13.9. The van der Waals surface area contributed by atoms with Gasteiger partial charge in [0.15, 0.2) is 0 Å². The van der Waals surface area contributed by atoms with Gasteiger partial charge in [-0.05, 0) is 33.2 Å². The lowest BCUT2D eigenvalue weighted by molar-refractivity contribution is 0.0605. The minimum absolute atomic E-state index is 0.256. The summed E-state index contributed by atoms with van der Waals surface area (Å²) >= 11 is 0. The van der Waals surface area contributed by atoms with Gasteiger partial charge in [-0.1, -0.05) is 0 Å². The second kappa shape index (κ2) is 7.84. The summed E-state index contributed by atoms with van der Waals surface area (Å²) < 4.78 is 26.6. The predicted octanol–water partition coefficient (Wildman–Crippen LogP) is 2.73. The van der Waals surface area contributed by atoms with Crippen LogP contribution in [0, 0.1) is 16.7 Å². The van der Waals surface area contributed by atoms with Crippen LogP contribution in [0.15, 0.2) is 12.4 Å². The summed E-state index contributed by atoms with van der Waals surface area (Å²) in [7, 11) is 0. The Labute approximate surface area is 136 Å². The van der Waals surface area contributed by atoms with E-state index in [4.69, 9.17) is 5.26 Å². The highest BCUT2D eigenvalue weighted by Crippen LogP contribution is 2.21. The van der Waals surface area contributed by atoms with E-state index in [9.17, 15) is 8.78 Å². The zero-order chi connectivity index (χ0) is 16.9.